The third kappa shape index (κ3) is 3.70. The predicted molar refractivity (Wildman–Crippen MR) is 120 cm³/mol. The van der Waals surface area contributed by atoms with Crippen LogP contribution < -0.4 is 9.80 Å². The van der Waals surface area contributed by atoms with Crippen molar-refractivity contribution in [2.24, 2.45) is 0 Å². The lowest BCUT2D eigenvalue weighted by Gasteiger charge is -2.31. The highest BCUT2D eigenvalue weighted by atomic mass is 16.6. The van der Waals surface area contributed by atoms with E-state index in [1.54, 1.807) is 0 Å². The van der Waals surface area contributed by atoms with E-state index >= 15 is 0 Å². The van der Waals surface area contributed by atoms with Crippen molar-refractivity contribution in [3.63, 3.8) is 0 Å². The smallest absolute Gasteiger partial charge is 0.227 e. The lowest BCUT2D eigenvalue weighted by Crippen LogP contribution is -2.36. The first kappa shape index (κ1) is 19.9. The van der Waals surface area contributed by atoms with E-state index < -0.39 is 0 Å². The van der Waals surface area contributed by atoms with Gasteiger partial charge in [-0.25, -0.2) is 9.97 Å². The van der Waals surface area contributed by atoms with Gasteiger partial charge in [0.05, 0.1) is 42.7 Å². The van der Waals surface area contributed by atoms with Crippen LogP contribution in [-0.4, -0.2) is 82.3 Å². The molecule has 3 saturated heterocycles. The summed E-state index contributed by atoms with van der Waals surface area (Å²) in [5, 5.41) is 9.77. The molecule has 2 atom stereocenters. The SMILES string of the molecule is OC1CCN(c2ccnc(N3C[C@@H]4OCC(n5cnc6ccccc65)CO[C@H]4C3)n2)CC1. The highest BCUT2D eigenvalue weighted by molar-refractivity contribution is 5.75. The van der Waals surface area contributed by atoms with Crippen LogP contribution in [0.3, 0.4) is 0 Å². The lowest BCUT2D eigenvalue weighted by molar-refractivity contribution is -0.00461. The fourth-order valence-electron chi connectivity index (χ4n) is 4.94. The Morgan fingerprint density at radius 3 is 2.44 bits per heavy atom. The number of benzene rings is 1. The first-order valence-electron chi connectivity index (χ1n) is 11.4. The van der Waals surface area contributed by atoms with Crippen molar-refractivity contribution in [2.75, 3.05) is 49.2 Å². The van der Waals surface area contributed by atoms with E-state index in [1.165, 1.54) is 0 Å². The van der Waals surface area contributed by atoms with Crippen LogP contribution in [0.15, 0.2) is 42.9 Å². The minimum Gasteiger partial charge on any atom is -0.393 e. The lowest BCUT2D eigenvalue weighted by atomic mass is 10.1. The van der Waals surface area contributed by atoms with Crippen LogP contribution in [0.2, 0.25) is 0 Å². The number of aromatic nitrogens is 4. The number of anilines is 2. The van der Waals surface area contributed by atoms with E-state index in [0.29, 0.717) is 32.3 Å². The number of ether oxygens (including phenoxy) is 2. The molecule has 3 aromatic rings. The summed E-state index contributed by atoms with van der Waals surface area (Å²) in [7, 11) is 0. The first-order valence-corrected chi connectivity index (χ1v) is 11.4. The topological polar surface area (TPSA) is 88.8 Å². The van der Waals surface area contributed by atoms with Crippen molar-refractivity contribution in [3.8, 4) is 0 Å². The maximum atomic E-state index is 9.77. The van der Waals surface area contributed by atoms with Gasteiger partial charge < -0.3 is 28.9 Å². The van der Waals surface area contributed by atoms with Crippen molar-refractivity contribution in [1.29, 1.82) is 0 Å². The Morgan fingerprint density at radius 2 is 1.66 bits per heavy atom. The summed E-state index contributed by atoms with van der Waals surface area (Å²) in [4.78, 5) is 18.2. The van der Waals surface area contributed by atoms with Gasteiger partial charge in [0.1, 0.15) is 18.0 Å². The number of imidazole rings is 1. The number of hydrogen-bond donors (Lipinski definition) is 1. The minimum atomic E-state index is -0.198. The van der Waals surface area contributed by atoms with Crippen LogP contribution in [0, 0.1) is 0 Å². The molecular weight excluding hydrogens is 408 g/mol. The molecule has 0 radical (unpaired) electrons. The second-order valence-corrected chi connectivity index (χ2v) is 8.88. The molecule has 3 aliphatic rings. The molecular formula is C23H28N6O3. The van der Waals surface area contributed by atoms with Crippen molar-refractivity contribution in [2.45, 2.75) is 37.2 Å². The molecule has 0 spiro atoms. The van der Waals surface area contributed by atoms with Crippen LogP contribution in [0.4, 0.5) is 11.8 Å². The number of nitrogens with zero attached hydrogens (tertiary/aromatic N) is 6. The molecule has 9 nitrogen and oxygen atoms in total. The molecule has 1 N–H and O–H groups in total. The van der Waals surface area contributed by atoms with E-state index in [4.69, 9.17) is 14.5 Å². The Labute approximate surface area is 186 Å². The number of para-hydroxylation sites is 2. The summed E-state index contributed by atoms with van der Waals surface area (Å²) in [6, 6.07) is 10.2. The quantitative estimate of drug-likeness (QED) is 0.663. The van der Waals surface area contributed by atoms with Crippen molar-refractivity contribution >= 4 is 22.8 Å². The van der Waals surface area contributed by atoms with Crippen molar-refractivity contribution in [1.82, 2.24) is 19.5 Å². The molecule has 0 unspecified atom stereocenters. The Hall–Kier alpha value is -2.75. The number of rotatable bonds is 3. The third-order valence-electron chi connectivity index (χ3n) is 6.79. The summed E-state index contributed by atoms with van der Waals surface area (Å²) in [5.74, 6) is 1.63. The van der Waals surface area contributed by atoms with E-state index in [1.807, 2.05) is 36.8 Å². The van der Waals surface area contributed by atoms with Gasteiger partial charge in [0.25, 0.3) is 0 Å². The molecule has 3 fully saturated rings. The summed E-state index contributed by atoms with van der Waals surface area (Å²) in [6.07, 6.45) is 5.05. The second-order valence-electron chi connectivity index (χ2n) is 8.88. The van der Waals surface area contributed by atoms with E-state index in [-0.39, 0.29) is 24.4 Å². The second kappa shape index (κ2) is 8.31. The third-order valence-corrected chi connectivity index (χ3v) is 6.79. The van der Waals surface area contributed by atoms with Crippen LogP contribution >= 0.6 is 0 Å². The van der Waals surface area contributed by atoms with Gasteiger partial charge in [0.15, 0.2) is 0 Å². The molecule has 0 saturated carbocycles. The van der Waals surface area contributed by atoms with Gasteiger partial charge in [-0.1, -0.05) is 12.1 Å². The monoisotopic (exact) mass is 436 g/mol. The summed E-state index contributed by atoms with van der Waals surface area (Å²) in [5.41, 5.74) is 2.09. The van der Waals surface area contributed by atoms with Gasteiger partial charge in [-0.15, -0.1) is 0 Å². The van der Waals surface area contributed by atoms with E-state index in [9.17, 15) is 5.11 Å². The summed E-state index contributed by atoms with van der Waals surface area (Å²) >= 11 is 0. The Morgan fingerprint density at radius 1 is 0.906 bits per heavy atom. The Kier molecular flexibility index (Phi) is 5.17. The molecule has 6 rings (SSSR count). The van der Waals surface area contributed by atoms with Gasteiger partial charge in [-0.05, 0) is 31.0 Å². The van der Waals surface area contributed by atoms with Crippen LogP contribution in [0.5, 0.6) is 0 Å². The molecule has 0 amide bonds. The Balaban J connectivity index is 1.13. The number of hydrogen-bond acceptors (Lipinski definition) is 8. The number of fused-ring (bicyclic) bond motifs is 2. The molecule has 2 aromatic heterocycles. The molecule has 168 valence electrons. The van der Waals surface area contributed by atoms with Gasteiger partial charge >= 0.3 is 0 Å². The predicted octanol–water partition coefficient (Wildman–Crippen LogP) is 1.63. The van der Waals surface area contributed by atoms with Gasteiger partial charge in [-0.2, -0.15) is 4.98 Å². The van der Waals surface area contributed by atoms with Crippen LogP contribution in [0.1, 0.15) is 18.9 Å². The van der Waals surface area contributed by atoms with Crippen LogP contribution in [-0.2, 0) is 9.47 Å². The zero-order valence-electron chi connectivity index (χ0n) is 18.0. The molecule has 32 heavy (non-hydrogen) atoms. The molecule has 0 aliphatic carbocycles. The van der Waals surface area contributed by atoms with Crippen LogP contribution in [0.25, 0.3) is 11.0 Å². The zero-order valence-corrected chi connectivity index (χ0v) is 18.0. The van der Waals surface area contributed by atoms with Gasteiger partial charge in [0, 0.05) is 32.4 Å². The van der Waals surface area contributed by atoms with E-state index in [2.05, 4.69) is 30.4 Å². The fourth-order valence-corrected chi connectivity index (χ4v) is 4.94. The maximum absolute atomic E-state index is 9.77. The molecule has 1 aromatic carbocycles. The fraction of sp³-hybridized carbons (Fsp3) is 0.522. The van der Waals surface area contributed by atoms with Gasteiger partial charge in [-0.3, -0.25) is 0 Å². The first-order chi connectivity index (χ1) is 15.7. The van der Waals surface area contributed by atoms with E-state index in [0.717, 1.165) is 42.8 Å². The molecule has 5 heterocycles. The van der Waals surface area contributed by atoms with Crippen molar-refractivity contribution in [3.05, 3.63) is 42.9 Å². The highest BCUT2D eigenvalue weighted by Gasteiger charge is 2.39. The number of aliphatic hydroxyl groups excluding tert-OH is 1. The molecule has 0 bridgehead atoms. The normalized spacial score (nSPS) is 25.3. The minimum absolute atomic E-state index is 0.00724. The highest BCUT2D eigenvalue weighted by Crippen LogP contribution is 2.28. The summed E-state index contributed by atoms with van der Waals surface area (Å²) in [6.45, 7) is 4.24. The molecule has 3 aliphatic heterocycles. The Bertz CT molecular complexity index is 1070. The molecule has 9 heteroatoms. The average Bonchev–Trinajstić information content (AvgIpc) is 3.40. The maximum Gasteiger partial charge on any atom is 0.227 e. The largest absolute Gasteiger partial charge is 0.393 e. The average molecular weight is 437 g/mol. The zero-order chi connectivity index (χ0) is 21.5. The summed E-state index contributed by atoms with van der Waals surface area (Å²) < 4.78 is 14.8. The van der Waals surface area contributed by atoms with Gasteiger partial charge in [0.2, 0.25) is 5.95 Å². The van der Waals surface area contributed by atoms with Crippen molar-refractivity contribution < 1.29 is 14.6 Å². The number of piperidine rings is 1. The standard InChI is InChI=1S/C23H28N6O3/c30-17-6-9-27(10-7-17)22-5-8-24-23(26-22)28-11-20-21(12-28)32-14-16(13-31-20)29-15-25-18-3-1-2-4-19(18)29/h1-5,8,15-17,20-21,30H,6-7,9-14H2/t20-,21-/m0/s1. The number of aliphatic hydroxyl groups is 1.